The van der Waals surface area contributed by atoms with Crippen molar-refractivity contribution in [2.45, 2.75) is 45.4 Å². The number of carbonyl (C=O) groups excluding carboxylic acids is 2. The van der Waals surface area contributed by atoms with Crippen LogP contribution in [-0.4, -0.2) is 35.4 Å². The van der Waals surface area contributed by atoms with Crippen molar-refractivity contribution < 1.29 is 14.3 Å². The summed E-state index contributed by atoms with van der Waals surface area (Å²) in [6.45, 7) is 4.62. The normalized spacial score (nSPS) is 16.2. The number of amides is 2. The Hall–Kier alpha value is -3.00. The first-order valence-corrected chi connectivity index (χ1v) is 11.3. The summed E-state index contributed by atoms with van der Waals surface area (Å²) in [4.78, 5) is 37.8. The number of hydrogen-bond acceptors (Lipinski definition) is 6. The van der Waals surface area contributed by atoms with E-state index in [9.17, 15) is 9.59 Å². The molecule has 2 aromatic heterocycles. The third-order valence-electron chi connectivity index (χ3n) is 5.94. The molecule has 1 aromatic carbocycles. The molecule has 7 nitrogen and oxygen atoms in total. The monoisotopic (exact) mass is 436 g/mol. The Morgan fingerprint density at radius 2 is 2.06 bits per heavy atom. The summed E-state index contributed by atoms with van der Waals surface area (Å²) in [6.07, 6.45) is 3.68. The van der Waals surface area contributed by atoms with Crippen LogP contribution in [0.3, 0.4) is 0 Å². The number of benzene rings is 1. The van der Waals surface area contributed by atoms with Gasteiger partial charge in [-0.1, -0.05) is 0 Å². The smallest absolute Gasteiger partial charge is 0.266 e. The van der Waals surface area contributed by atoms with E-state index in [1.807, 2.05) is 19.9 Å². The van der Waals surface area contributed by atoms with Crippen molar-refractivity contribution in [1.29, 1.82) is 0 Å². The van der Waals surface area contributed by atoms with Crippen LogP contribution >= 0.6 is 11.3 Å². The van der Waals surface area contributed by atoms with E-state index in [0.717, 1.165) is 52.2 Å². The summed E-state index contributed by atoms with van der Waals surface area (Å²) in [5.41, 5.74) is 3.19. The van der Waals surface area contributed by atoms with Crippen molar-refractivity contribution >= 4 is 44.7 Å². The molecular formula is C23H24N4O3S. The molecule has 0 atom stereocenters. The zero-order valence-corrected chi connectivity index (χ0v) is 18.6. The summed E-state index contributed by atoms with van der Waals surface area (Å²) >= 11 is 1.41. The molecule has 1 saturated heterocycles. The number of ether oxygens (including phenoxy) is 1. The lowest BCUT2D eigenvalue weighted by molar-refractivity contribution is -0.117. The highest BCUT2D eigenvalue weighted by Crippen LogP contribution is 2.40. The van der Waals surface area contributed by atoms with Gasteiger partial charge in [-0.05, 0) is 50.8 Å². The number of thiophene rings is 1. The molecule has 31 heavy (non-hydrogen) atoms. The fourth-order valence-corrected chi connectivity index (χ4v) is 5.30. The number of nitrogens with zero attached hydrogens (tertiary/aromatic N) is 3. The lowest BCUT2D eigenvalue weighted by atomic mass is 10.1. The minimum Gasteiger partial charge on any atom is -0.494 e. The Balaban J connectivity index is 1.43. The number of hydrogen-bond donors (Lipinski definition) is 1. The Morgan fingerprint density at radius 3 is 2.74 bits per heavy atom. The van der Waals surface area contributed by atoms with Crippen LogP contribution in [0.1, 0.15) is 58.4 Å². The largest absolute Gasteiger partial charge is 0.494 e. The number of methoxy groups -OCH3 is 1. The van der Waals surface area contributed by atoms with E-state index >= 15 is 0 Å². The van der Waals surface area contributed by atoms with E-state index in [4.69, 9.17) is 9.72 Å². The molecule has 1 aliphatic carbocycles. The number of aromatic nitrogens is 2. The molecule has 3 heterocycles. The van der Waals surface area contributed by atoms with Gasteiger partial charge in [0.05, 0.1) is 23.4 Å². The maximum Gasteiger partial charge on any atom is 0.266 e. The summed E-state index contributed by atoms with van der Waals surface area (Å²) in [5.74, 6) is 1.85. The van der Waals surface area contributed by atoms with Crippen LogP contribution in [0, 0.1) is 13.8 Å². The SMILES string of the molecule is COc1cc(NC(=O)c2sc3nc(C4CC4)nc(C)c3c2C)ccc1N1CCCC1=O. The summed E-state index contributed by atoms with van der Waals surface area (Å²) < 4.78 is 5.50. The van der Waals surface area contributed by atoms with Gasteiger partial charge in [0.2, 0.25) is 5.91 Å². The highest BCUT2D eigenvalue weighted by Gasteiger charge is 2.29. The predicted molar refractivity (Wildman–Crippen MR) is 121 cm³/mol. The summed E-state index contributed by atoms with van der Waals surface area (Å²) in [6, 6.07) is 5.39. The minimum atomic E-state index is -0.181. The van der Waals surface area contributed by atoms with Gasteiger partial charge < -0.3 is 15.0 Å². The predicted octanol–water partition coefficient (Wildman–Crippen LogP) is 4.57. The fraction of sp³-hybridized carbons (Fsp3) is 0.391. The molecule has 2 fully saturated rings. The van der Waals surface area contributed by atoms with Crippen LogP contribution in [0.2, 0.25) is 0 Å². The van der Waals surface area contributed by atoms with E-state index in [-0.39, 0.29) is 11.8 Å². The zero-order chi connectivity index (χ0) is 21.7. The average molecular weight is 437 g/mol. The van der Waals surface area contributed by atoms with Crippen LogP contribution < -0.4 is 15.0 Å². The molecule has 0 unspecified atom stereocenters. The van der Waals surface area contributed by atoms with Gasteiger partial charge in [0.15, 0.2) is 0 Å². The van der Waals surface area contributed by atoms with E-state index in [1.54, 1.807) is 24.1 Å². The van der Waals surface area contributed by atoms with Gasteiger partial charge in [0.25, 0.3) is 5.91 Å². The second-order valence-electron chi connectivity index (χ2n) is 8.17. The van der Waals surface area contributed by atoms with Gasteiger partial charge >= 0.3 is 0 Å². The fourth-order valence-electron chi connectivity index (χ4n) is 4.17. The van der Waals surface area contributed by atoms with E-state index < -0.39 is 0 Å². The van der Waals surface area contributed by atoms with E-state index in [0.29, 0.717) is 35.2 Å². The quantitative estimate of drug-likeness (QED) is 0.633. The number of fused-ring (bicyclic) bond motifs is 1. The first-order valence-electron chi connectivity index (χ1n) is 10.5. The van der Waals surface area contributed by atoms with Gasteiger partial charge in [0, 0.05) is 36.0 Å². The minimum absolute atomic E-state index is 0.0954. The van der Waals surface area contributed by atoms with Crippen molar-refractivity contribution in [3.8, 4) is 5.75 Å². The second-order valence-corrected chi connectivity index (χ2v) is 9.17. The third-order valence-corrected chi connectivity index (χ3v) is 7.12. The van der Waals surface area contributed by atoms with Crippen molar-refractivity contribution in [1.82, 2.24) is 9.97 Å². The van der Waals surface area contributed by atoms with Crippen molar-refractivity contribution in [2.75, 3.05) is 23.9 Å². The molecule has 2 amide bonds. The number of carbonyl (C=O) groups is 2. The molecule has 5 rings (SSSR count). The number of nitrogens with one attached hydrogen (secondary N) is 1. The molecular weight excluding hydrogens is 412 g/mol. The molecule has 0 bridgehead atoms. The molecule has 0 radical (unpaired) electrons. The Bertz CT molecular complexity index is 1220. The molecule has 2 aliphatic rings. The lowest BCUT2D eigenvalue weighted by Gasteiger charge is -2.19. The highest BCUT2D eigenvalue weighted by molar-refractivity contribution is 7.20. The lowest BCUT2D eigenvalue weighted by Crippen LogP contribution is -2.24. The third kappa shape index (κ3) is 3.54. The van der Waals surface area contributed by atoms with Gasteiger partial charge in [0.1, 0.15) is 16.4 Å². The average Bonchev–Trinajstić information content (AvgIpc) is 3.43. The van der Waals surface area contributed by atoms with Crippen molar-refractivity contribution in [3.05, 3.63) is 40.2 Å². The molecule has 1 aliphatic heterocycles. The van der Waals surface area contributed by atoms with Crippen LogP contribution in [0.4, 0.5) is 11.4 Å². The van der Waals surface area contributed by atoms with Crippen LogP contribution in [0.15, 0.2) is 18.2 Å². The topological polar surface area (TPSA) is 84.4 Å². The van der Waals surface area contributed by atoms with Crippen LogP contribution in [0.5, 0.6) is 5.75 Å². The zero-order valence-electron chi connectivity index (χ0n) is 17.8. The Morgan fingerprint density at radius 1 is 1.26 bits per heavy atom. The first-order chi connectivity index (χ1) is 15.0. The van der Waals surface area contributed by atoms with E-state index in [2.05, 4.69) is 10.3 Å². The van der Waals surface area contributed by atoms with Gasteiger partial charge in [-0.3, -0.25) is 9.59 Å². The summed E-state index contributed by atoms with van der Waals surface area (Å²) in [5, 5.41) is 3.95. The summed E-state index contributed by atoms with van der Waals surface area (Å²) in [7, 11) is 1.57. The van der Waals surface area contributed by atoms with Gasteiger partial charge in [-0.15, -0.1) is 11.3 Å². The standard InChI is InChI=1S/C23H24N4O3S/c1-12-19-13(2)24-21(14-6-7-14)26-23(19)31-20(12)22(29)25-15-8-9-16(17(11-15)30-3)27-10-4-5-18(27)28/h8-9,11,14H,4-7,10H2,1-3H3,(H,25,29). The Kier molecular flexibility index (Phi) is 4.89. The van der Waals surface area contributed by atoms with Crippen molar-refractivity contribution in [3.63, 3.8) is 0 Å². The van der Waals surface area contributed by atoms with E-state index in [1.165, 1.54) is 11.3 Å². The second kappa shape index (κ2) is 7.60. The number of aryl methyl sites for hydroxylation is 2. The first kappa shape index (κ1) is 19.9. The molecule has 3 aromatic rings. The number of rotatable bonds is 5. The molecule has 8 heteroatoms. The highest BCUT2D eigenvalue weighted by atomic mass is 32.1. The van der Waals surface area contributed by atoms with Crippen LogP contribution in [0.25, 0.3) is 10.2 Å². The molecule has 1 N–H and O–H groups in total. The van der Waals surface area contributed by atoms with Crippen LogP contribution in [-0.2, 0) is 4.79 Å². The van der Waals surface area contributed by atoms with Gasteiger partial charge in [-0.2, -0.15) is 0 Å². The van der Waals surface area contributed by atoms with Gasteiger partial charge in [-0.25, -0.2) is 9.97 Å². The maximum atomic E-state index is 13.1. The molecule has 1 saturated carbocycles. The molecule has 160 valence electrons. The molecule has 0 spiro atoms. The van der Waals surface area contributed by atoms with Crippen molar-refractivity contribution in [2.24, 2.45) is 0 Å². The number of anilines is 2. The Labute approximate surface area is 184 Å². The maximum absolute atomic E-state index is 13.1.